The van der Waals surface area contributed by atoms with Crippen molar-refractivity contribution in [1.29, 1.82) is 0 Å². The standard InChI is InChI=1S/C31H38N2O6/c1-3-4-5-15-38-25-8-6-7-22(20-25)28-27(29(34)23-9-10-26-24(19-23)18-21(2)39-26)30(35)31(36)33(28)12-11-32-13-16-37-17-14-32/h6-10,19-21,28,34H,3-5,11-18H2,1-2H3/b29-27+/t21-,28-/m1/s1. The van der Waals surface area contributed by atoms with Crippen molar-refractivity contribution in [3.63, 3.8) is 0 Å². The van der Waals surface area contributed by atoms with Gasteiger partial charge in [0, 0.05) is 38.2 Å². The van der Waals surface area contributed by atoms with Crippen LogP contribution in [0.25, 0.3) is 5.76 Å². The Bertz CT molecular complexity index is 1240. The molecule has 0 bridgehead atoms. The van der Waals surface area contributed by atoms with Crippen molar-refractivity contribution in [3.8, 4) is 11.5 Å². The number of rotatable bonds is 10. The average Bonchev–Trinajstić information content (AvgIpc) is 3.45. The molecule has 1 amide bonds. The van der Waals surface area contributed by atoms with Crippen molar-refractivity contribution in [2.24, 2.45) is 0 Å². The van der Waals surface area contributed by atoms with Gasteiger partial charge in [0.25, 0.3) is 11.7 Å². The summed E-state index contributed by atoms with van der Waals surface area (Å²) in [5.41, 5.74) is 2.34. The van der Waals surface area contributed by atoms with E-state index in [1.165, 1.54) is 0 Å². The summed E-state index contributed by atoms with van der Waals surface area (Å²) in [5.74, 6) is 0.0467. The second-order valence-corrected chi connectivity index (χ2v) is 10.5. The van der Waals surface area contributed by atoms with Gasteiger partial charge in [0.1, 0.15) is 23.4 Å². The quantitative estimate of drug-likeness (QED) is 0.210. The molecule has 8 heteroatoms. The van der Waals surface area contributed by atoms with E-state index in [4.69, 9.17) is 14.2 Å². The SMILES string of the molecule is CCCCCOc1cccc([C@@H]2/C(=C(\O)c3ccc4c(c3)C[C@@H](C)O4)C(=O)C(=O)N2CCN2CCOCC2)c1. The van der Waals surface area contributed by atoms with Crippen LogP contribution in [0, 0.1) is 0 Å². The fraction of sp³-hybridized carbons (Fsp3) is 0.484. The second-order valence-electron chi connectivity index (χ2n) is 10.5. The number of aliphatic hydroxyl groups is 1. The normalized spacial score (nSPS) is 22.7. The number of hydrogen-bond donors (Lipinski definition) is 1. The number of amides is 1. The summed E-state index contributed by atoms with van der Waals surface area (Å²) in [6, 6.07) is 12.3. The maximum absolute atomic E-state index is 13.5. The summed E-state index contributed by atoms with van der Waals surface area (Å²) in [7, 11) is 0. The topological polar surface area (TPSA) is 88.5 Å². The highest BCUT2D eigenvalue weighted by Crippen LogP contribution is 2.41. The zero-order chi connectivity index (χ0) is 27.4. The number of aliphatic hydroxyl groups excluding tert-OH is 1. The number of carbonyl (C=O) groups excluding carboxylic acids is 2. The molecule has 1 N–H and O–H groups in total. The number of fused-ring (bicyclic) bond motifs is 1. The molecule has 39 heavy (non-hydrogen) atoms. The number of ketones is 1. The molecule has 0 spiro atoms. The smallest absolute Gasteiger partial charge is 0.295 e. The molecule has 2 fully saturated rings. The first-order chi connectivity index (χ1) is 19.0. The molecule has 2 aromatic rings. The highest BCUT2D eigenvalue weighted by molar-refractivity contribution is 6.46. The van der Waals surface area contributed by atoms with Gasteiger partial charge in [-0.2, -0.15) is 0 Å². The Balaban J connectivity index is 1.49. The van der Waals surface area contributed by atoms with Gasteiger partial charge in [-0.05, 0) is 54.8 Å². The lowest BCUT2D eigenvalue weighted by Gasteiger charge is -2.31. The summed E-state index contributed by atoms with van der Waals surface area (Å²) in [4.78, 5) is 30.7. The molecule has 0 saturated carbocycles. The van der Waals surface area contributed by atoms with Gasteiger partial charge < -0.3 is 24.2 Å². The molecule has 0 unspecified atom stereocenters. The molecule has 0 aliphatic carbocycles. The van der Waals surface area contributed by atoms with Gasteiger partial charge in [-0.25, -0.2) is 0 Å². The minimum Gasteiger partial charge on any atom is -0.507 e. The molecule has 2 atom stereocenters. The van der Waals surface area contributed by atoms with E-state index in [0.29, 0.717) is 44.2 Å². The molecular formula is C31H38N2O6. The number of ether oxygens (including phenoxy) is 3. The third-order valence-electron chi connectivity index (χ3n) is 7.66. The predicted molar refractivity (Wildman–Crippen MR) is 148 cm³/mol. The van der Waals surface area contributed by atoms with Crippen molar-refractivity contribution >= 4 is 17.4 Å². The summed E-state index contributed by atoms with van der Waals surface area (Å²) < 4.78 is 17.3. The third kappa shape index (κ3) is 5.97. The molecule has 3 aliphatic heterocycles. The molecule has 2 saturated heterocycles. The van der Waals surface area contributed by atoms with Gasteiger partial charge in [-0.15, -0.1) is 0 Å². The lowest BCUT2D eigenvalue weighted by molar-refractivity contribution is -0.140. The fourth-order valence-corrected chi connectivity index (χ4v) is 5.57. The number of benzene rings is 2. The number of hydrogen-bond acceptors (Lipinski definition) is 7. The first-order valence-corrected chi connectivity index (χ1v) is 14.1. The lowest BCUT2D eigenvalue weighted by atomic mass is 9.94. The van der Waals surface area contributed by atoms with Crippen molar-refractivity contribution in [2.75, 3.05) is 46.0 Å². The van der Waals surface area contributed by atoms with Crippen LogP contribution in [0.1, 0.15) is 55.8 Å². The van der Waals surface area contributed by atoms with Gasteiger partial charge in [0.15, 0.2) is 0 Å². The Morgan fingerprint density at radius 3 is 2.69 bits per heavy atom. The van der Waals surface area contributed by atoms with Gasteiger partial charge >= 0.3 is 0 Å². The van der Waals surface area contributed by atoms with Gasteiger partial charge in [0.2, 0.25) is 0 Å². The molecule has 3 aliphatic rings. The number of unbranched alkanes of at least 4 members (excludes halogenated alkanes) is 2. The first kappa shape index (κ1) is 27.2. The fourth-order valence-electron chi connectivity index (χ4n) is 5.57. The summed E-state index contributed by atoms with van der Waals surface area (Å²) >= 11 is 0. The van der Waals surface area contributed by atoms with Crippen molar-refractivity contribution in [3.05, 3.63) is 64.7 Å². The van der Waals surface area contributed by atoms with Gasteiger partial charge in [-0.1, -0.05) is 31.9 Å². The average molecular weight is 535 g/mol. The van der Waals surface area contributed by atoms with Crippen LogP contribution >= 0.6 is 0 Å². The predicted octanol–water partition coefficient (Wildman–Crippen LogP) is 4.33. The summed E-state index contributed by atoms with van der Waals surface area (Å²) in [6.07, 6.45) is 3.94. The van der Waals surface area contributed by atoms with E-state index in [2.05, 4.69) is 11.8 Å². The molecule has 2 aromatic carbocycles. The van der Waals surface area contributed by atoms with Crippen LogP contribution in [-0.4, -0.2) is 78.7 Å². The number of Topliss-reactive ketones (excluding diaryl/α,β-unsaturated/α-hetero) is 1. The van der Waals surface area contributed by atoms with Crippen LogP contribution in [0.2, 0.25) is 0 Å². The van der Waals surface area contributed by atoms with Crippen LogP contribution in [0.15, 0.2) is 48.0 Å². The molecule has 208 valence electrons. The van der Waals surface area contributed by atoms with Crippen LogP contribution in [-0.2, 0) is 20.7 Å². The number of carbonyl (C=O) groups is 2. The molecule has 3 heterocycles. The highest BCUT2D eigenvalue weighted by Gasteiger charge is 2.46. The van der Waals surface area contributed by atoms with Crippen LogP contribution < -0.4 is 9.47 Å². The Labute approximate surface area is 230 Å². The van der Waals surface area contributed by atoms with E-state index in [-0.39, 0.29) is 17.4 Å². The number of morpholine rings is 1. The zero-order valence-electron chi connectivity index (χ0n) is 22.9. The van der Waals surface area contributed by atoms with Crippen molar-refractivity contribution in [2.45, 2.75) is 51.7 Å². The molecule has 0 aromatic heterocycles. The number of nitrogens with zero attached hydrogens (tertiary/aromatic N) is 2. The monoisotopic (exact) mass is 534 g/mol. The first-order valence-electron chi connectivity index (χ1n) is 14.1. The maximum atomic E-state index is 13.5. The molecule has 0 radical (unpaired) electrons. The Hall–Kier alpha value is -3.36. The van der Waals surface area contributed by atoms with Gasteiger partial charge in [0.05, 0.1) is 31.4 Å². The Kier molecular flexibility index (Phi) is 8.53. The van der Waals surface area contributed by atoms with Crippen LogP contribution in [0.5, 0.6) is 11.5 Å². The van der Waals surface area contributed by atoms with E-state index in [9.17, 15) is 14.7 Å². The van der Waals surface area contributed by atoms with E-state index in [1.807, 2.05) is 43.3 Å². The molecular weight excluding hydrogens is 496 g/mol. The van der Waals surface area contributed by atoms with E-state index in [0.717, 1.165) is 55.6 Å². The largest absolute Gasteiger partial charge is 0.507 e. The van der Waals surface area contributed by atoms with Crippen LogP contribution in [0.4, 0.5) is 0 Å². The summed E-state index contributed by atoms with van der Waals surface area (Å²) in [5, 5.41) is 11.5. The van der Waals surface area contributed by atoms with E-state index >= 15 is 0 Å². The third-order valence-corrected chi connectivity index (χ3v) is 7.66. The molecule has 8 nitrogen and oxygen atoms in total. The van der Waals surface area contributed by atoms with E-state index in [1.54, 1.807) is 11.0 Å². The lowest BCUT2D eigenvalue weighted by Crippen LogP contribution is -2.42. The van der Waals surface area contributed by atoms with Crippen molar-refractivity contribution < 1.29 is 28.9 Å². The van der Waals surface area contributed by atoms with Gasteiger partial charge in [-0.3, -0.25) is 14.5 Å². The minimum absolute atomic E-state index is 0.0585. The number of likely N-dealkylation sites (tertiary alicyclic amines) is 1. The van der Waals surface area contributed by atoms with E-state index < -0.39 is 17.7 Å². The Morgan fingerprint density at radius 2 is 1.90 bits per heavy atom. The summed E-state index contributed by atoms with van der Waals surface area (Å²) in [6.45, 7) is 8.60. The van der Waals surface area contributed by atoms with Crippen LogP contribution in [0.3, 0.4) is 0 Å². The molecule has 5 rings (SSSR count). The Morgan fingerprint density at radius 1 is 1.08 bits per heavy atom. The highest BCUT2D eigenvalue weighted by atomic mass is 16.5. The van der Waals surface area contributed by atoms with Crippen molar-refractivity contribution in [1.82, 2.24) is 9.80 Å². The maximum Gasteiger partial charge on any atom is 0.295 e. The minimum atomic E-state index is -0.714. The zero-order valence-corrected chi connectivity index (χ0v) is 22.9. The second kappa shape index (κ2) is 12.2.